The zero-order valence-electron chi connectivity index (χ0n) is 41.2. The van der Waals surface area contributed by atoms with Crippen LogP contribution in [0, 0.1) is 0 Å². The van der Waals surface area contributed by atoms with Gasteiger partial charge in [0.25, 0.3) is 0 Å². The van der Waals surface area contributed by atoms with Crippen LogP contribution in [-0.2, 0) is 33.2 Å². The molecule has 0 aliphatic carbocycles. The number of aliphatic hydroxyl groups is 7. The van der Waals surface area contributed by atoms with E-state index in [4.69, 9.17) is 28.4 Å². The maximum absolute atomic E-state index is 13.0. The number of carbonyl (C=O) groups is 1. The molecule has 7 N–H and O–H groups in total. The molecule has 0 aromatic carbocycles. The van der Waals surface area contributed by atoms with Crippen LogP contribution in [0.15, 0.2) is 24.3 Å². The van der Waals surface area contributed by atoms with Crippen LogP contribution in [0.25, 0.3) is 0 Å². The van der Waals surface area contributed by atoms with Gasteiger partial charge in [-0.15, -0.1) is 0 Å². The van der Waals surface area contributed by atoms with Crippen molar-refractivity contribution >= 4 is 5.97 Å². The monoisotopic (exact) mass is 945 g/mol. The Morgan fingerprint density at radius 3 is 1.52 bits per heavy atom. The zero-order chi connectivity index (χ0) is 48.0. The van der Waals surface area contributed by atoms with E-state index >= 15 is 0 Å². The molecular weight excluding hydrogens is 849 g/mol. The molecule has 388 valence electrons. The third-order valence-corrected chi connectivity index (χ3v) is 12.7. The summed E-state index contributed by atoms with van der Waals surface area (Å²) in [4.78, 5) is 13.0. The number of allylic oxidation sites excluding steroid dienone is 4. The van der Waals surface area contributed by atoms with Crippen molar-refractivity contribution in [2.45, 2.75) is 268 Å². The highest BCUT2D eigenvalue weighted by Gasteiger charge is 2.47. The van der Waals surface area contributed by atoms with E-state index in [1.807, 2.05) is 0 Å². The topological polar surface area (TPSA) is 214 Å². The van der Waals surface area contributed by atoms with E-state index in [1.165, 1.54) is 109 Å². The number of unbranched alkanes of at least 4 members (excludes halogenated alkanes) is 24. The molecule has 0 bridgehead atoms. The maximum Gasteiger partial charge on any atom is 0.306 e. The third-order valence-electron chi connectivity index (χ3n) is 12.7. The van der Waals surface area contributed by atoms with Crippen LogP contribution in [0.5, 0.6) is 0 Å². The lowest BCUT2D eigenvalue weighted by atomic mass is 9.98. The van der Waals surface area contributed by atoms with Gasteiger partial charge in [-0.05, 0) is 38.5 Å². The van der Waals surface area contributed by atoms with Crippen molar-refractivity contribution in [3.63, 3.8) is 0 Å². The van der Waals surface area contributed by atoms with Crippen LogP contribution >= 0.6 is 0 Å². The molecule has 2 aliphatic heterocycles. The van der Waals surface area contributed by atoms with Crippen LogP contribution in [0.2, 0.25) is 0 Å². The summed E-state index contributed by atoms with van der Waals surface area (Å²) < 4.78 is 34.3. The Bertz CT molecular complexity index is 1190. The molecule has 0 amide bonds. The van der Waals surface area contributed by atoms with Crippen LogP contribution in [0.3, 0.4) is 0 Å². The van der Waals surface area contributed by atoms with Crippen molar-refractivity contribution in [2.24, 2.45) is 0 Å². The van der Waals surface area contributed by atoms with Crippen molar-refractivity contribution in [3.05, 3.63) is 24.3 Å². The molecule has 0 aromatic rings. The van der Waals surface area contributed by atoms with Gasteiger partial charge in [-0.2, -0.15) is 0 Å². The molecule has 2 fully saturated rings. The number of aliphatic hydroxyl groups excluding tert-OH is 7. The van der Waals surface area contributed by atoms with Crippen LogP contribution in [0.1, 0.15) is 200 Å². The van der Waals surface area contributed by atoms with Gasteiger partial charge in [0.2, 0.25) is 0 Å². The summed E-state index contributed by atoms with van der Waals surface area (Å²) in [6, 6.07) is 0. The Hall–Kier alpha value is -1.53. The SMILES string of the molecule is CCC/C=C\C/C=C\CCCCCCCC(=O)OC(COCCCCCCCCCCCCCCCCCCCCC)COC1OC(COC2OC(CO)C(O)C(O)C2O)C(O)C(O)C1O. The summed E-state index contributed by atoms with van der Waals surface area (Å²) in [7, 11) is 0. The fourth-order valence-electron chi connectivity index (χ4n) is 8.38. The van der Waals surface area contributed by atoms with Crippen LogP contribution < -0.4 is 0 Å². The van der Waals surface area contributed by atoms with E-state index in [-0.39, 0.29) is 25.6 Å². The minimum Gasteiger partial charge on any atom is -0.457 e. The average molecular weight is 945 g/mol. The summed E-state index contributed by atoms with van der Waals surface area (Å²) in [5.74, 6) is -0.388. The number of hydrogen-bond acceptors (Lipinski definition) is 14. The molecular formula is C52H96O14. The van der Waals surface area contributed by atoms with Crippen molar-refractivity contribution < 1.29 is 69.0 Å². The van der Waals surface area contributed by atoms with E-state index < -0.39 is 80.7 Å². The van der Waals surface area contributed by atoms with E-state index in [2.05, 4.69) is 38.2 Å². The molecule has 66 heavy (non-hydrogen) atoms. The number of carbonyl (C=O) groups excluding carboxylic acids is 1. The van der Waals surface area contributed by atoms with Gasteiger partial charge >= 0.3 is 5.97 Å². The first-order valence-electron chi connectivity index (χ1n) is 26.4. The molecule has 0 spiro atoms. The van der Waals surface area contributed by atoms with Gasteiger partial charge in [0.1, 0.15) is 54.9 Å². The van der Waals surface area contributed by atoms with Gasteiger partial charge in [0.05, 0.1) is 26.4 Å². The highest BCUT2D eigenvalue weighted by Crippen LogP contribution is 2.26. The normalized spacial score (nSPS) is 26.4. The summed E-state index contributed by atoms with van der Waals surface area (Å²) in [5, 5.41) is 72.1. The first kappa shape index (κ1) is 60.6. The standard InChI is InChI=1S/C52H96O14/c1-3-5-7-9-11-13-15-17-18-19-20-21-22-24-26-28-30-32-34-36-61-38-41(64-44(54)35-33-31-29-27-25-23-16-14-12-10-8-6-4-2)39-62-51-50(60)48(58)46(56)43(66-51)40-63-52-49(59)47(57)45(55)42(37-53)65-52/h8,10,14,16,41-43,45-53,55-60H,3-7,9,11-13,15,17-40H2,1-2H3/b10-8-,16-14-. The molecule has 11 unspecified atom stereocenters. The van der Waals surface area contributed by atoms with Gasteiger partial charge in [-0.25, -0.2) is 0 Å². The molecule has 2 rings (SSSR count). The summed E-state index contributed by atoms with van der Waals surface area (Å²) in [6.45, 7) is 3.63. The fourth-order valence-corrected chi connectivity index (χ4v) is 8.38. The molecule has 0 aromatic heterocycles. The second-order valence-electron chi connectivity index (χ2n) is 18.7. The van der Waals surface area contributed by atoms with E-state index in [9.17, 15) is 40.5 Å². The van der Waals surface area contributed by atoms with Crippen LogP contribution in [-0.4, -0.2) is 142 Å². The van der Waals surface area contributed by atoms with E-state index in [1.54, 1.807) is 0 Å². The third kappa shape index (κ3) is 27.6. The summed E-state index contributed by atoms with van der Waals surface area (Å²) >= 11 is 0. The van der Waals surface area contributed by atoms with Gasteiger partial charge < -0.3 is 64.2 Å². The van der Waals surface area contributed by atoms with Gasteiger partial charge in [0.15, 0.2) is 12.6 Å². The highest BCUT2D eigenvalue weighted by molar-refractivity contribution is 5.69. The van der Waals surface area contributed by atoms with E-state index in [0.717, 1.165) is 64.2 Å². The summed E-state index contributed by atoms with van der Waals surface area (Å²) in [6.07, 6.45) is 26.7. The molecule has 11 atom stereocenters. The van der Waals surface area contributed by atoms with Crippen molar-refractivity contribution in [1.82, 2.24) is 0 Å². The number of ether oxygens (including phenoxy) is 6. The number of esters is 1. The molecule has 2 heterocycles. The Kier molecular flexibility index (Phi) is 36.9. The van der Waals surface area contributed by atoms with Crippen molar-refractivity contribution in [1.29, 1.82) is 0 Å². The highest BCUT2D eigenvalue weighted by atomic mass is 16.7. The minimum atomic E-state index is -1.71. The second-order valence-corrected chi connectivity index (χ2v) is 18.7. The smallest absolute Gasteiger partial charge is 0.306 e. The molecule has 14 heteroatoms. The van der Waals surface area contributed by atoms with Gasteiger partial charge in [-0.3, -0.25) is 4.79 Å². The quantitative estimate of drug-likeness (QED) is 0.0175. The Morgan fingerprint density at radius 1 is 0.500 bits per heavy atom. The Morgan fingerprint density at radius 2 is 0.970 bits per heavy atom. The van der Waals surface area contributed by atoms with Crippen LogP contribution in [0.4, 0.5) is 0 Å². The lowest BCUT2D eigenvalue weighted by Gasteiger charge is -2.42. The zero-order valence-corrected chi connectivity index (χ0v) is 41.2. The second kappa shape index (κ2) is 40.2. The maximum atomic E-state index is 13.0. The molecule has 0 radical (unpaired) electrons. The Balaban J connectivity index is 1.74. The number of hydrogen-bond donors (Lipinski definition) is 7. The molecule has 2 saturated heterocycles. The van der Waals surface area contributed by atoms with Gasteiger partial charge in [0, 0.05) is 13.0 Å². The number of rotatable bonds is 42. The predicted molar refractivity (Wildman–Crippen MR) is 257 cm³/mol. The lowest BCUT2D eigenvalue weighted by molar-refractivity contribution is -0.332. The summed E-state index contributed by atoms with van der Waals surface area (Å²) in [5.41, 5.74) is 0. The first-order chi connectivity index (χ1) is 32.1. The molecule has 0 saturated carbocycles. The molecule has 14 nitrogen and oxygen atoms in total. The lowest BCUT2D eigenvalue weighted by Crippen LogP contribution is -2.61. The van der Waals surface area contributed by atoms with E-state index in [0.29, 0.717) is 13.0 Å². The van der Waals surface area contributed by atoms with Gasteiger partial charge in [-0.1, -0.05) is 179 Å². The fraction of sp³-hybridized carbons (Fsp3) is 0.904. The average Bonchev–Trinajstić information content (AvgIpc) is 3.31. The molecule has 2 aliphatic rings. The first-order valence-corrected chi connectivity index (χ1v) is 26.4. The largest absolute Gasteiger partial charge is 0.457 e. The minimum absolute atomic E-state index is 0.0599. The van der Waals surface area contributed by atoms with Crippen molar-refractivity contribution in [3.8, 4) is 0 Å². The Labute approximate surface area is 398 Å². The predicted octanol–water partition coefficient (Wildman–Crippen LogP) is 8.02. The van der Waals surface area contributed by atoms with Crippen molar-refractivity contribution in [2.75, 3.05) is 33.0 Å².